The molecule has 30 heavy (non-hydrogen) atoms. The minimum absolute atomic E-state index is 0.0960. The molecule has 4 aromatic rings. The van der Waals surface area contributed by atoms with Crippen LogP contribution in [0.1, 0.15) is 21.5 Å². The number of hydrogen-bond donors (Lipinski definition) is 0. The first-order valence-corrected chi connectivity index (χ1v) is 9.50. The monoisotopic (exact) mass is 398 g/mol. The molecule has 0 unspecified atom stereocenters. The molecule has 0 saturated heterocycles. The average molecular weight is 398 g/mol. The van der Waals surface area contributed by atoms with Crippen LogP contribution in [0.15, 0.2) is 65.7 Å². The highest BCUT2D eigenvalue weighted by atomic mass is 16.5. The van der Waals surface area contributed by atoms with Crippen LogP contribution in [0.25, 0.3) is 22.0 Å². The molecule has 1 aliphatic carbocycles. The van der Waals surface area contributed by atoms with E-state index in [0.717, 1.165) is 11.1 Å². The van der Waals surface area contributed by atoms with Gasteiger partial charge in [-0.2, -0.15) is 0 Å². The lowest BCUT2D eigenvalue weighted by molar-refractivity contribution is 0.104. The minimum atomic E-state index is -0.235. The molecular weight excluding hydrogens is 380 g/mol. The van der Waals surface area contributed by atoms with Gasteiger partial charge in [0.05, 0.1) is 37.4 Å². The molecule has 0 fully saturated rings. The van der Waals surface area contributed by atoms with Gasteiger partial charge in [0.2, 0.25) is 0 Å². The number of aromatic nitrogens is 2. The third-order valence-corrected chi connectivity index (χ3v) is 5.52. The fourth-order valence-electron chi connectivity index (χ4n) is 4.20. The zero-order valence-electron chi connectivity index (χ0n) is 16.5. The quantitative estimate of drug-likeness (QED) is 0.462. The summed E-state index contributed by atoms with van der Waals surface area (Å²) in [5.74, 6) is 0.678. The van der Waals surface area contributed by atoms with E-state index >= 15 is 0 Å². The molecule has 1 aliphatic rings. The number of carbonyl (C=O) groups is 1. The molecule has 0 bridgehead atoms. The van der Waals surface area contributed by atoms with Gasteiger partial charge >= 0.3 is 0 Å². The summed E-state index contributed by atoms with van der Waals surface area (Å²) in [6.45, 7) is 0.307. The summed E-state index contributed by atoms with van der Waals surface area (Å²) in [7, 11) is 3.02. The highest BCUT2D eigenvalue weighted by Crippen LogP contribution is 2.43. The highest BCUT2D eigenvalue weighted by Gasteiger charge is 2.33. The number of hydrogen-bond acceptors (Lipinski definition) is 5. The Balaban J connectivity index is 1.94. The third-order valence-electron chi connectivity index (χ3n) is 5.52. The normalized spacial score (nSPS) is 12.0. The smallest absolute Gasteiger partial charge is 0.263 e. The van der Waals surface area contributed by atoms with Gasteiger partial charge in [0.25, 0.3) is 5.56 Å². The number of pyridine rings is 2. The van der Waals surface area contributed by atoms with E-state index in [1.807, 2.05) is 30.3 Å². The van der Waals surface area contributed by atoms with Crippen molar-refractivity contribution in [2.45, 2.75) is 6.54 Å². The Hall–Kier alpha value is -3.93. The molecule has 6 nitrogen and oxygen atoms in total. The molecule has 2 aromatic carbocycles. The Morgan fingerprint density at radius 3 is 2.33 bits per heavy atom. The number of nitrogens with zero attached hydrogens (tertiary/aromatic N) is 2. The van der Waals surface area contributed by atoms with Crippen molar-refractivity contribution in [1.82, 2.24) is 9.55 Å². The minimum Gasteiger partial charge on any atom is -0.493 e. The zero-order valence-corrected chi connectivity index (χ0v) is 16.5. The number of ether oxygens (including phenoxy) is 2. The number of rotatable bonds is 4. The summed E-state index contributed by atoms with van der Waals surface area (Å²) in [6.07, 6.45) is 3.37. The van der Waals surface area contributed by atoms with Crippen LogP contribution in [0.3, 0.4) is 0 Å². The molecule has 0 atom stereocenters. The average Bonchev–Trinajstić information content (AvgIpc) is 3.09. The summed E-state index contributed by atoms with van der Waals surface area (Å²) in [5.41, 5.74) is 3.18. The Morgan fingerprint density at radius 2 is 1.63 bits per heavy atom. The van der Waals surface area contributed by atoms with Gasteiger partial charge in [0.15, 0.2) is 17.3 Å². The maximum atomic E-state index is 13.8. The van der Waals surface area contributed by atoms with E-state index in [1.165, 1.54) is 14.2 Å². The van der Waals surface area contributed by atoms with Crippen molar-refractivity contribution >= 4 is 16.6 Å². The van der Waals surface area contributed by atoms with Crippen molar-refractivity contribution in [1.29, 1.82) is 0 Å². The number of methoxy groups -OCH3 is 2. The van der Waals surface area contributed by atoms with Crippen molar-refractivity contribution in [3.63, 3.8) is 0 Å². The molecule has 0 radical (unpaired) electrons. The number of carbonyl (C=O) groups excluding carboxylic acids is 1. The first-order valence-electron chi connectivity index (χ1n) is 9.50. The lowest BCUT2D eigenvalue weighted by atomic mass is 10.0. The Bertz CT molecular complexity index is 1370. The van der Waals surface area contributed by atoms with Gasteiger partial charge in [-0.1, -0.05) is 24.3 Å². The van der Waals surface area contributed by atoms with Crippen molar-refractivity contribution in [3.05, 3.63) is 88.0 Å². The predicted molar refractivity (Wildman–Crippen MR) is 114 cm³/mol. The molecule has 0 aliphatic heterocycles. The first kappa shape index (κ1) is 18.1. The Labute approximate surface area is 172 Å². The second-order valence-electron chi connectivity index (χ2n) is 7.07. The fraction of sp³-hybridized carbons (Fsp3) is 0.125. The molecule has 2 aromatic heterocycles. The summed E-state index contributed by atoms with van der Waals surface area (Å²) in [6, 6.07) is 14.6. The van der Waals surface area contributed by atoms with E-state index in [1.54, 1.807) is 35.2 Å². The molecule has 5 rings (SSSR count). The van der Waals surface area contributed by atoms with Crippen LogP contribution in [-0.2, 0) is 6.54 Å². The maximum absolute atomic E-state index is 13.8. The molecule has 2 heterocycles. The Morgan fingerprint density at radius 1 is 0.900 bits per heavy atom. The summed E-state index contributed by atoms with van der Waals surface area (Å²) in [5, 5.41) is 0.908. The third kappa shape index (κ3) is 2.47. The van der Waals surface area contributed by atoms with Gasteiger partial charge in [0, 0.05) is 28.9 Å². The summed E-state index contributed by atoms with van der Waals surface area (Å²) < 4.78 is 12.6. The van der Waals surface area contributed by atoms with E-state index < -0.39 is 0 Å². The Kier molecular flexibility index (Phi) is 4.13. The second-order valence-corrected chi connectivity index (χ2v) is 7.07. The molecule has 6 heteroatoms. The van der Waals surface area contributed by atoms with Crippen molar-refractivity contribution in [2.24, 2.45) is 0 Å². The van der Waals surface area contributed by atoms with E-state index in [9.17, 15) is 9.59 Å². The first-order chi connectivity index (χ1) is 14.7. The lowest BCUT2D eigenvalue weighted by Crippen LogP contribution is -2.24. The molecular formula is C24H18N2O4. The van der Waals surface area contributed by atoms with E-state index in [0.29, 0.717) is 45.6 Å². The zero-order chi connectivity index (χ0) is 20.8. The largest absolute Gasteiger partial charge is 0.493 e. The van der Waals surface area contributed by atoms with Crippen molar-refractivity contribution in [3.8, 4) is 22.8 Å². The number of ketones is 1. The van der Waals surface area contributed by atoms with Crippen LogP contribution in [0.4, 0.5) is 0 Å². The predicted octanol–water partition coefficient (Wildman–Crippen LogP) is 3.67. The number of fused-ring (bicyclic) bond motifs is 5. The lowest BCUT2D eigenvalue weighted by Gasteiger charge is -2.17. The van der Waals surface area contributed by atoms with Crippen LogP contribution in [-0.4, -0.2) is 29.6 Å². The van der Waals surface area contributed by atoms with Crippen LogP contribution < -0.4 is 15.0 Å². The van der Waals surface area contributed by atoms with Crippen LogP contribution >= 0.6 is 0 Å². The molecule has 0 N–H and O–H groups in total. The van der Waals surface area contributed by atoms with Crippen LogP contribution in [0.5, 0.6) is 11.5 Å². The number of benzene rings is 2. The molecule has 0 spiro atoms. The summed E-state index contributed by atoms with van der Waals surface area (Å²) in [4.78, 5) is 31.2. The van der Waals surface area contributed by atoms with E-state index in [2.05, 4.69) is 4.98 Å². The van der Waals surface area contributed by atoms with Crippen molar-refractivity contribution < 1.29 is 14.3 Å². The molecule has 0 saturated carbocycles. The summed E-state index contributed by atoms with van der Waals surface area (Å²) >= 11 is 0. The second kappa shape index (κ2) is 6.84. The van der Waals surface area contributed by atoms with Gasteiger partial charge in [0.1, 0.15) is 0 Å². The van der Waals surface area contributed by atoms with Gasteiger partial charge < -0.3 is 14.0 Å². The van der Waals surface area contributed by atoms with Crippen LogP contribution in [0.2, 0.25) is 0 Å². The van der Waals surface area contributed by atoms with Gasteiger partial charge in [-0.05, 0) is 29.8 Å². The maximum Gasteiger partial charge on any atom is 0.263 e. The van der Waals surface area contributed by atoms with Gasteiger partial charge in [-0.15, -0.1) is 0 Å². The molecule has 0 amide bonds. The fourth-order valence-corrected chi connectivity index (χ4v) is 4.20. The van der Waals surface area contributed by atoms with E-state index in [4.69, 9.17) is 9.47 Å². The van der Waals surface area contributed by atoms with Crippen molar-refractivity contribution in [2.75, 3.05) is 14.2 Å². The van der Waals surface area contributed by atoms with Gasteiger partial charge in [-0.25, -0.2) is 0 Å². The van der Waals surface area contributed by atoms with Crippen LogP contribution in [0, 0.1) is 0 Å². The molecule has 148 valence electrons. The van der Waals surface area contributed by atoms with Gasteiger partial charge in [-0.3, -0.25) is 14.6 Å². The standard InChI is InChI=1S/C24H18N2O4/c1-29-18-8-7-17-19-21(15-5-3-4-6-16(15)22(19)27)26(13-14-9-11-25-12-10-14)24(28)20(17)23(18)30-2/h3-12H,13H2,1-2H3. The topological polar surface area (TPSA) is 70.4 Å². The SMILES string of the molecule is COc1ccc2c3c(n(Cc4ccncc4)c(=O)c2c1OC)-c1ccccc1C3=O. The van der Waals surface area contributed by atoms with E-state index in [-0.39, 0.29) is 11.3 Å². The highest BCUT2D eigenvalue weighted by molar-refractivity contribution is 6.27.